The predicted molar refractivity (Wildman–Crippen MR) is 69.4 cm³/mol. The molecule has 1 aliphatic carbocycles. The molecular formula is C11H21N3OS. The van der Waals surface area contributed by atoms with Crippen LogP contribution in [0.2, 0.25) is 0 Å². The van der Waals surface area contributed by atoms with Crippen molar-refractivity contribution in [3.63, 3.8) is 0 Å². The van der Waals surface area contributed by atoms with E-state index >= 15 is 0 Å². The molecular weight excluding hydrogens is 222 g/mol. The van der Waals surface area contributed by atoms with E-state index in [0.717, 1.165) is 12.8 Å². The lowest BCUT2D eigenvalue weighted by atomic mass is 9.96. The van der Waals surface area contributed by atoms with E-state index in [-0.39, 0.29) is 12.1 Å². The lowest BCUT2D eigenvalue weighted by Crippen LogP contribution is -2.46. The fourth-order valence-electron chi connectivity index (χ4n) is 2.05. The van der Waals surface area contributed by atoms with Crippen LogP contribution in [0.4, 0.5) is 4.79 Å². The first-order valence-electron chi connectivity index (χ1n) is 5.93. The number of thiocarbonyl (C=S) groups is 1. The van der Waals surface area contributed by atoms with Crippen molar-refractivity contribution in [2.45, 2.75) is 57.5 Å². The number of hydrogen-bond acceptors (Lipinski definition) is 2. The molecule has 4 N–H and O–H groups in total. The predicted octanol–water partition coefficient (Wildman–Crippen LogP) is 1.68. The molecule has 2 amide bonds. The van der Waals surface area contributed by atoms with Crippen molar-refractivity contribution in [2.75, 3.05) is 0 Å². The first kappa shape index (κ1) is 13.2. The van der Waals surface area contributed by atoms with Gasteiger partial charge < -0.3 is 16.4 Å². The van der Waals surface area contributed by atoms with Crippen molar-refractivity contribution in [1.29, 1.82) is 0 Å². The zero-order valence-corrected chi connectivity index (χ0v) is 10.6. The van der Waals surface area contributed by atoms with Crippen LogP contribution < -0.4 is 16.4 Å². The van der Waals surface area contributed by atoms with Gasteiger partial charge in [0.15, 0.2) is 0 Å². The van der Waals surface area contributed by atoms with Crippen LogP contribution in [0.5, 0.6) is 0 Å². The van der Waals surface area contributed by atoms with E-state index in [4.69, 9.17) is 18.0 Å². The van der Waals surface area contributed by atoms with Gasteiger partial charge in [-0.25, -0.2) is 4.79 Å². The normalized spacial score (nSPS) is 18.8. The molecule has 0 bridgehead atoms. The number of amides is 2. The van der Waals surface area contributed by atoms with Gasteiger partial charge >= 0.3 is 6.03 Å². The van der Waals surface area contributed by atoms with E-state index < -0.39 is 0 Å². The summed E-state index contributed by atoms with van der Waals surface area (Å²) in [5.41, 5.74) is 5.41. The van der Waals surface area contributed by atoms with Crippen molar-refractivity contribution in [3.8, 4) is 0 Å². The quantitative estimate of drug-likeness (QED) is 0.658. The fourth-order valence-corrected chi connectivity index (χ4v) is 2.30. The Morgan fingerprint density at radius 2 is 2.06 bits per heavy atom. The molecule has 1 aliphatic rings. The Balaban J connectivity index is 2.21. The summed E-state index contributed by atoms with van der Waals surface area (Å²) in [6.45, 7) is 1.90. The Bertz CT molecular complexity index is 252. The Hall–Kier alpha value is -0.840. The molecule has 1 rings (SSSR count). The maximum absolute atomic E-state index is 11.6. The average molecular weight is 243 g/mol. The summed E-state index contributed by atoms with van der Waals surface area (Å²) in [5, 5.41) is 5.83. The van der Waals surface area contributed by atoms with Gasteiger partial charge in [-0.3, -0.25) is 0 Å². The van der Waals surface area contributed by atoms with Crippen LogP contribution in [0, 0.1) is 0 Å². The highest BCUT2D eigenvalue weighted by Gasteiger charge is 2.16. The van der Waals surface area contributed by atoms with Crippen LogP contribution in [0.3, 0.4) is 0 Å². The lowest BCUT2D eigenvalue weighted by molar-refractivity contribution is 0.230. The van der Waals surface area contributed by atoms with Gasteiger partial charge in [0.1, 0.15) is 0 Å². The van der Waals surface area contributed by atoms with Crippen molar-refractivity contribution in [3.05, 3.63) is 0 Å². The molecule has 0 aromatic carbocycles. The zero-order chi connectivity index (χ0) is 12.0. The largest absolute Gasteiger partial charge is 0.393 e. The van der Waals surface area contributed by atoms with E-state index in [1.807, 2.05) is 6.92 Å². The average Bonchev–Trinajstić information content (AvgIpc) is 2.17. The van der Waals surface area contributed by atoms with Crippen LogP contribution in [0.25, 0.3) is 0 Å². The van der Waals surface area contributed by atoms with Crippen LogP contribution in [-0.2, 0) is 0 Å². The van der Waals surface area contributed by atoms with Gasteiger partial charge in [-0.2, -0.15) is 0 Å². The van der Waals surface area contributed by atoms with E-state index in [0.29, 0.717) is 17.5 Å². The Morgan fingerprint density at radius 3 is 2.62 bits per heavy atom. The van der Waals surface area contributed by atoms with Gasteiger partial charge in [0, 0.05) is 18.5 Å². The second kappa shape index (κ2) is 6.68. The molecule has 92 valence electrons. The summed E-state index contributed by atoms with van der Waals surface area (Å²) in [7, 11) is 0. The van der Waals surface area contributed by atoms with Gasteiger partial charge in [-0.1, -0.05) is 31.5 Å². The molecule has 0 heterocycles. The Labute approximate surface area is 102 Å². The highest BCUT2D eigenvalue weighted by molar-refractivity contribution is 7.80. The number of nitrogens with one attached hydrogen (secondary N) is 2. The highest BCUT2D eigenvalue weighted by atomic mass is 32.1. The third kappa shape index (κ3) is 5.30. The van der Waals surface area contributed by atoms with Crippen LogP contribution >= 0.6 is 12.2 Å². The number of hydrogen-bond donors (Lipinski definition) is 3. The van der Waals surface area contributed by atoms with E-state index in [1.54, 1.807) is 0 Å². The number of urea groups is 1. The van der Waals surface area contributed by atoms with Crippen LogP contribution in [0.1, 0.15) is 45.4 Å². The Morgan fingerprint density at radius 1 is 1.44 bits per heavy atom. The second-order valence-corrected chi connectivity index (χ2v) is 5.05. The number of nitrogens with two attached hydrogens (primary N) is 1. The van der Waals surface area contributed by atoms with E-state index in [9.17, 15) is 4.79 Å². The molecule has 1 atom stereocenters. The fraction of sp³-hybridized carbons (Fsp3) is 0.818. The Kier molecular flexibility index (Phi) is 5.52. The van der Waals surface area contributed by atoms with Gasteiger partial charge in [0.05, 0.1) is 4.99 Å². The molecule has 5 heteroatoms. The molecule has 0 saturated heterocycles. The zero-order valence-electron chi connectivity index (χ0n) is 9.79. The topological polar surface area (TPSA) is 67.1 Å². The molecule has 1 saturated carbocycles. The molecule has 0 radical (unpaired) electrons. The smallest absolute Gasteiger partial charge is 0.315 e. The summed E-state index contributed by atoms with van der Waals surface area (Å²) in [5.74, 6) is 0. The third-order valence-corrected chi connectivity index (χ3v) is 2.99. The maximum atomic E-state index is 11.6. The maximum Gasteiger partial charge on any atom is 0.315 e. The third-order valence-electron chi connectivity index (χ3n) is 2.83. The van der Waals surface area contributed by atoms with Crippen molar-refractivity contribution >= 4 is 23.2 Å². The van der Waals surface area contributed by atoms with Gasteiger partial charge in [0.2, 0.25) is 0 Å². The van der Waals surface area contributed by atoms with E-state index in [1.165, 1.54) is 19.3 Å². The first-order valence-corrected chi connectivity index (χ1v) is 6.34. The minimum absolute atomic E-state index is 0.00101. The molecule has 1 fully saturated rings. The lowest BCUT2D eigenvalue weighted by Gasteiger charge is -2.24. The SMILES string of the molecule is CC(CC(N)=S)NC(=O)NC1CCCCC1. The van der Waals surface area contributed by atoms with Crippen LogP contribution in [-0.4, -0.2) is 23.1 Å². The van der Waals surface area contributed by atoms with Crippen molar-refractivity contribution < 1.29 is 4.79 Å². The number of carbonyl (C=O) groups is 1. The minimum Gasteiger partial charge on any atom is -0.393 e. The number of rotatable bonds is 4. The number of carbonyl (C=O) groups excluding carboxylic acids is 1. The summed E-state index contributed by atoms with van der Waals surface area (Å²) in [4.78, 5) is 12.0. The minimum atomic E-state index is -0.101. The summed E-state index contributed by atoms with van der Waals surface area (Å²) < 4.78 is 0. The second-order valence-electron chi connectivity index (χ2n) is 4.52. The molecule has 16 heavy (non-hydrogen) atoms. The summed E-state index contributed by atoms with van der Waals surface area (Å²) in [6, 6.07) is 0.238. The molecule has 4 nitrogen and oxygen atoms in total. The van der Waals surface area contributed by atoms with Crippen molar-refractivity contribution in [2.24, 2.45) is 5.73 Å². The summed E-state index contributed by atoms with van der Waals surface area (Å²) >= 11 is 4.79. The van der Waals surface area contributed by atoms with Gasteiger partial charge in [-0.15, -0.1) is 0 Å². The molecule has 0 aliphatic heterocycles. The summed E-state index contributed by atoms with van der Waals surface area (Å²) in [6.07, 6.45) is 6.46. The van der Waals surface area contributed by atoms with Crippen LogP contribution in [0.15, 0.2) is 0 Å². The molecule has 1 unspecified atom stereocenters. The van der Waals surface area contributed by atoms with Gasteiger partial charge in [-0.05, 0) is 19.8 Å². The standard InChI is InChI=1S/C11H21N3OS/c1-8(7-10(12)16)13-11(15)14-9-5-3-2-4-6-9/h8-9H,2-7H2,1H3,(H2,12,16)(H2,13,14,15). The molecule has 0 aromatic heterocycles. The monoisotopic (exact) mass is 243 g/mol. The van der Waals surface area contributed by atoms with E-state index in [2.05, 4.69) is 10.6 Å². The highest BCUT2D eigenvalue weighted by Crippen LogP contribution is 2.17. The van der Waals surface area contributed by atoms with Gasteiger partial charge in [0.25, 0.3) is 0 Å². The molecule has 0 spiro atoms. The molecule has 0 aromatic rings. The van der Waals surface area contributed by atoms with Crippen molar-refractivity contribution in [1.82, 2.24) is 10.6 Å². The first-order chi connectivity index (χ1) is 7.58.